The summed E-state index contributed by atoms with van der Waals surface area (Å²) in [6.07, 6.45) is 0.668. The summed E-state index contributed by atoms with van der Waals surface area (Å²) in [5.74, 6) is 0.488. The van der Waals surface area contributed by atoms with Gasteiger partial charge in [0.2, 0.25) is 0 Å². The number of amides is 1. The summed E-state index contributed by atoms with van der Waals surface area (Å²) in [4.78, 5) is 19.2. The summed E-state index contributed by atoms with van der Waals surface area (Å²) >= 11 is 1.62. The minimum absolute atomic E-state index is 0.0765. The second kappa shape index (κ2) is 6.12. The van der Waals surface area contributed by atoms with E-state index in [0.717, 1.165) is 15.2 Å². The molecule has 3 rings (SSSR count). The molecule has 0 unspecified atom stereocenters. The van der Waals surface area contributed by atoms with Crippen molar-refractivity contribution < 1.29 is 9.32 Å². The van der Waals surface area contributed by atoms with Gasteiger partial charge in [-0.2, -0.15) is 0 Å². The zero-order valence-corrected chi connectivity index (χ0v) is 14.5. The van der Waals surface area contributed by atoms with Gasteiger partial charge in [-0.05, 0) is 32.4 Å². The van der Waals surface area contributed by atoms with Crippen molar-refractivity contribution in [3.05, 3.63) is 46.3 Å². The number of benzene rings is 1. The average Bonchev–Trinajstić information content (AvgIpc) is 3.15. The minimum atomic E-state index is -0.112. The van der Waals surface area contributed by atoms with Crippen molar-refractivity contribution in [1.82, 2.24) is 15.0 Å². The first kappa shape index (κ1) is 15.7. The first-order valence-corrected chi connectivity index (χ1v) is 8.42. The van der Waals surface area contributed by atoms with Crippen LogP contribution in [0.2, 0.25) is 0 Å². The molecule has 6 heteroatoms. The molecule has 0 radical (unpaired) electrons. The lowest BCUT2D eigenvalue weighted by molar-refractivity contribution is 0.0740. The lowest BCUT2D eigenvalue weighted by atomic mass is 10.1. The number of hydrogen-bond acceptors (Lipinski definition) is 5. The van der Waals surface area contributed by atoms with E-state index in [1.165, 1.54) is 0 Å². The molecule has 0 aliphatic heterocycles. The van der Waals surface area contributed by atoms with Gasteiger partial charge >= 0.3 is 0 Å². The Bertz CT molecular complexity index is 820. The normalized spacial score (nSPS) is 12.5. The maximum atomic E-state index is 12.8. The molecule has 23 heavy (non-hydrogen) atoms. The summed E-state index contributed by atoms with van der Waals surface area (Å²) in [6.45, 7) is 5.73. The number of thiazole rings is 1. The van der Waals surface area contributed by atoms with Gasteiger partial charge in [-0.15, -0.1) is 11.3 Å². The Morgan fingerprint density at radius 1 is 1.39 bits per heavy atom. The fourth-order valence-corrected chi connectivity index (χ4v) is 3.58. The van der Waals surface area contributed by atoms with Gasteiger partial charge in [-0.1, -0.05) is 24.2 Å². The number of aryl methyl sites for hydroxylation is 2. The van der Waals surface area contributed by atoms with Gasteiger partial charge < -0.3 is 9.42 Å². The van der Waals surface area contributed by atoms with E-state index < -0.39 is 0 Å². The summed E-state index contributed by atoms with van der Waals surface area (Å²) in [5, 5.41) is 4.89. The van der Waals surface area contributed by atoms with Gasteiger partial charge in [-0.3, -0.25) is 4.79 Å². The van der Waals surface area contributed by atoms with E-state index in [-0.39, 0.29) is 11.9 Å². The van der Waals surface area contributed by atoms with Crippen LogP contribution in [0.15, 0.2) is 28.8 Å². The fourth-order valence-electron chi connectivity index (χ4n) is 2.52. The van der Waals surface area contributed by atoms with Crippen LogP contribution in [0.4, 0.5) is 0 Å². The molecule has 0 saturated carbocycles. The van der Waals surface area contributed by atoms with Crippen molar-refractivity contribution in [2.45, 2.75) is 33.2 Å². The Morgan fingerprint density at radius 3 is 2.83 bits per heavy atom. The third-order valence-corrected chi connectivity index (χ3v) is 5.26. The van der Waals surface area contributed by atoms with Gasteiger partial charge in [0.1, 0.15) is 16.3 Å². The highest BCUT2D eigenvalue weighted by molar-refractivity contribution is 7.18. The van der Waals surface area contributed by atoms with Crippen LogP contribution in [-0.2, 0) is 6.42 Å². The third-order valence-electron chi connectivity index (χ3n) is 4.05. The smallest absolute Gasteiger partial charge is 0.259 e. The number of carbonyl (C=O) groups excluding carboxylic acids is 1. The van der Waals surface area contributed by atoms with Crippen LogP contribution in [0.3, 0.4) is 0 Å². The Morgan fingerprint density at radius 2 is 2.13 bits per heavy atom. The molecule has 120 valence electrons. The lowest BCUT2D eigenvalue weighted by Crippen LogP contribution is -2.30. The van der Waals surface area contributed by atoms with E-state index >= 15 is 0 Å². The molecule has 0 bridgehead atoms. The standard InChI is InChI=1S/C17H19N3O2S/c1-5-12-15(11(3)22-19-12)17(21)20(4)10(2)16-18-13-8-6-7-9-14(13)23-16/h6-10H,5H2,1-4H3/t10-/m1/s1. The van der Waals surface area contributed by atoms with Crippen LogP contribution >= 0.6 is 11.3 Å². The summed E-state index contributed by atoms with van der Waals surface area (Å²) < 4.78 is 6.31. The molecular formula is C17H19N3O2S. The van der Waals surface area contributed by atoms with Gasteiger partial charge in [-0.25, -0.2) is 4.98 Å². The number of para-hydroxylation sites is 1. The molecule has 5 nitrogen and oxygen atoms in total. The molecule has 1 aromatic carbocycles. The molecule has 0 spiro atoms. The van der Waals surface area contributed by atoms with Crippen molar-refractivity contribution in [2.75, 3.05) is 7.05 Å². The monoisotopic (exact) mass is 329 g/mol. The Hall–Kier alpha value is -2.21. The zero-order chi connectivity index (χ0) is 16.6. The van der Waals surface area contributed by atoms with Crippen molar-refractivity contribution >= 4 is 27.5 Å². The third kappa shape index (κ3) is 2.74. The highest BCUT2D eigenvalue weighted by Gasteiger charge is 2.27. The quantitative estimate of drug-likeness (QED) is 0.726. The predicted octanol–water partition coefficient (Wildman–Crippen LogP) is 3.99. The highest BCUT2D eigenvalue weighted by Crippen LogP contribution is 2.30. The molecule has 2 aromatic heterocycles. The Labute approximate surface area is 138 Å². The van der Waals surface area contributed by atoms with Crippen molar-refractivity contribution in [2.24, 2.45) is 0 Å². The number of nitrogens with zero attached hydrogens (tertiary/aromatic N) is 3. The van der Waals surface area contributed by atoms with Crippen LogP contribution in [-0.4, -0.2) is 28.0 Å². The van der Waals surface area contributed by atoms with E-state index in [4.69, 9.17) is 4.52 Å². The number of hydrogen-bond donors (Lipinski definition) is 0. The van der Waals surface area contributed by atoms with Gasteiger partial charge in [0, 0.05) is 7.05 Å². The topological polar surface area (TPSA) is 59.2 Å². The molecule has 3 aromatic rings. The molecule has 1 atom stereocenters. The summed E-state index contributed by atoms with van der Waals surface area (Å²) in [7, 11) is 1.80. The summed E-state index contributed by atoms with van der Waals surface area (Å²) in [5.41, 5.74) is 2.24. The van der Waals surface area contributed by atoms with Crippen LogP contribution < -0.4 is 0 Å². The molecule has 1 amide bonds. The molecule has 0 aliphatic rings. The average molecular weight is 329 g/mol. The SMILES string of the molecule is CCc1noc(C)c1C(=O)N(C)[C@H](C)c1nc2ccccc2s1. The van der Waals surface area contributed by atoms with E-state index in [9.17, 15) is 4.79 Å². The zero-order valence-electron chi connectivity index (χ0n) is 13.7. The minimum Gasteiger partial charge on any atom is -0.361 e. The molecule has 0 N–H and O–H groups in total. The second-order valence-corrected chi connectivity index (χ2v) is 6.59. The lowest BCUT2D eigenvalue weighted by Gasteiger charge is -2.23. The van der Waals surface area contributed by atoms with Crippen LogP contribution in [0.25, 0.3) is 10.2 Å². The molecule has 0 aliphatic carbocycles. The first-order valence-electron chi connectivity index (χ1n) is 7.60. The van der Waals surface area contributed by atoms with E-state index in [2.05, 4.69) is 10.1 Å². The number of rotatable bonds is 4. The van der Waals surface area contributed by atoms with Crippen LogP contribution in [0.5, 0.6) is 0 Å². The second-order valence-electron chi connectivity index (χ2n) is 5.53. The molecule has 0 fully saturated rings. The predicted molar refractivity (Wildman–Crippen MR) is 90.7 cm³/mol. The molecular weight excluding hydrogens is 310 g/mol. The number of aromatic nitrogens is 2. The fraction of sp³-hybridized carbons (Fsp3) is 0.353. The Balaban J connectivity index is 1.90. The summed E-state index contributed by atoms with van der Waals surface area (Å²) in [6, 6.07) is 7.89. The van der Waals surface area contributed by atoms with Gasteiger partial charge in [0.25, 0.3) is 5.91 Å². The molecule has 2 heterocycles. The van der Waals surface area contributed by atoms with E-state index in [1.807, 2.05) is 38.1 Å². The first-order chi connectivity index (χ1) is 11.0. The maximum absolute atomic E-state index is 12.8. The van der Waals surface area contributed by atoms with E-state index in [0.29, 0.717) is 23.4 Å². The molecule has 0 saturated heterocycles. The highest BCUT2D eigenvalue weighted by atomic mass is 32.1. The van der Waals surface area contributed by atoms with Crippen molar-refractivity contribution in [1.29, 1.82) is 0 Å². The Kier molecular flexibility index (Phi) is 4.17. The number of fused-ring (bicyclic) bond motifs is 1. The van der Waals surface area contributed by atoms with Crippen LogP contribution in [0, 0.1) is 6.92 Å². The van der Waals surface area contributed by atoms with Crippen LogP contribution in [0.1, 0.15) is 46.7 Å². The van der Waals surface area contributed by atoms with E-state index in [1.54, 1.807) is 30.2 Å². The van der Waals surface area contributed by atoms with Crippen molar-refractivity contribution in [3.63, 3.8) is 0 Å². The maximum Gasteiger partial charge on any atom is 0.259 e. The van der Waals surface area contributed by atoms with Crippen molar-refractivity contribution in [3.8, 4) is 0 Å². The number of carbonyl (C=O) groups is 1. The largest absolute Gasteiger partial charge is 0.361 e. The van der Waals surface area contributed by atoms with Gasteiger partial charge in [0.05, 0.1) is 22.0 Å². The van der Waals surface area contributed by atoms with Gasteiger partial charge in [0.15, 0.2) is 0 Å².